The molecule has 6 heteroatoms. The van der Waals surface area contributed by atoms with E-state index in [0.717, 1.165) is 24.8 Å². The zero-order chi connectivity index (χ0) is 23.5. The van der Waals surface area contributed by atoms with Crippen LogP contribution in [0.25, 0.3) is 0 Å². The number of benzene rings is 1. The Bertz CT molecular complexity index is 882. The van der Waals surface area contributed by atoms with Crippen LogP contribution in [0.5, 0.6) is 0 Å². The van der Waals surface area contributed by atoms with Crippen molar-refractivity contribution in [1.82, 2.24) is 15.1 Å². The van der Waals surface area contributed by atoms with Crippen molar-refractivity contribution >= 4 is 11.9 Å². The molecule has 32 heavy (non-hydrogen) atoms. The van der Waals surface area contributed by atoms with Crippen molar-refractivity contribution in [2.75, 3.05) is 20.1 Å². The highest BCUT2D eigenvalue weighted by Crippen LogP contribution is 2.35. The average Bonchev–Trinajstić information content (AvgIpc) is 2.99. The van der Waals surface area contributed by atoms with Gasteiger partial charge in [0.2, 0.25) is 5.91 Å². The number of likely N-dealkylation sites (N-methyl/N-ethyl adjacent to an activating group) is 1. The lowest BCUT2D eigenvalue weighted by molar-refractivity contribution is -0.130. The van der Waals surface area contributed by atoms with Gasteiger partial charge in [0.05, 0.1) is 0 Å². The minimum Gasteiger partial charge on any atom is -0.352 e. The quantitative estimate of drug-likeness (QED) is 0.673. The van der Waals surface area contributed by atoms with Crippen LogP contribution in [0.3, 0.4) is 0 Å². The van der Waals surface area contributed by atoms with Gasteiger partial charge in [-0.05, 0) is 48.8 Å². The Morgan fingerprint density at radius 2 is 1.91 bits per heavy atom. The fourth-order valence-electron chi connectivity index (χ4n) is 4.60. The van der Waals surface area contributed by atoms with Crippen LogP contribution in [0.4, 0.5) is 4.79 Å². The topological polar surface area (TPSA) is 78.7 Å². The van der Waals surface area contributed by atoms with Crippen LogP contribution in [0.1, 0.15) is 64.3 Å². The fourth-order valence-corrected chi connectivity index (χ4v) is 4.60. The molecule has 3 atom stereocenters. The number of hydrogen-bond donors (Lipinski definition) is 2. The molecule has 0 radical (unpaired) electrons. The van der Waals surface area contributed by atoms with Gasteiger partial charge < -0.3 is 16.0 Å². The number of nitrogens with zero attached hydrogens (tertiary/aromatic N) is 2. The van der Waals surface area contributed by atoms with E-state index in [1.165, 1.54) is 11.1 Å². The lowest BCUT2D eigenvalue weighted by atomic mass is 9.86. The third kappa shape index (κ3) is 5.41. The van der Waals surface area contributed by atoms with Crippen molar-refractivity contribution in [1.29, 1.82) is 0 Å². The van der Waals surface area contributed by atoms with Crippen LogP contribution in [0.2, 0.25) is 0 Å². The molecule has 1 aromatic rings. The number of nitrogens with two attached hydrogens (primary N) is 1. The number of carbonyl (C=O) groups is 2. The van der Waals surface area contributed by atoms with E-state index in [1.807, 2.05) is 11.9 Å². The number of carbonyl (C=O) groups excluding carboxylic acids is 2. The zero-order valence-corrected chi connectivity index (χ0v) is 20.1. The predicted molar refractivity (Wildman–Crippen MR) is 129 cm³/mol. The molecule has 1 saturated heterocycles. The first-order chi connectivity index (χ1) is 15.1. The molecule has 2 aliphatic rings. The molecule has 0 bridgehead atoms. The Morgan fingerprint density at radius 3 is 2.44 bits per heavy atom. The smallest absolute Gasteiger partial charge is 0.312 e. The number of urea groups is 1. The Labute approximate surface area is 192 Å². The third-order valence-corrected chi connectivity index (χ3v) is 6.70. The molecule has 1 aliphatic heterocycles. The number of primary amides is 1. The predicted octanol–water partition coefficient (Wildman–Crippen LogP) is 4.10. The number of hydrogen-bond acceptors (Lipinski definition) is 3. The maximum Gasteiger partial charge on any atom is 0.312 e. The largest absolute Gasteiger partial charge is 0.352 e. The molecular formula is C26H38N4O2. The van der Waals surface area contributed by atoms with E-state index >= 15 is 0 Å². The van der Waals surface area contributed by atoms with Crippen LogP contribution in [-0.2, 0) is 10.2 Å². The van der Waals surface area contributed by atoms with Crippen LogP contribution in [0.15, 0.2) is 48.1 Å². The third-order valence-electron chi connectivity index (χ3n) is 6.70. The highest BCUT2D eigenvalue weighted by atomic mass is 16.2. The number of nitrogens with one attached hydrogen (secondary N) is 1. The van der Waals surface area contributed by atoms with E-state index in [2.05, 4.69) is 80.4 Å². The molecule has 1 aliphatic carbocycles. The summed E-state index contributed by atoms with van der Waals surface area (Å²) in [7, 11) is 1.95. The minimum absolute atomic E-state index is 0.0377. The van der Waals surface area contributed by atoms with Gasteiger partial charge in [-0.25, -0.2) is 4.79 Å². The summed E-state index contributed by atoms with van der Waals surface area (Å²) in [6, 6.07) is 7.53. The van der Waals surface area contributed by atoms with Crippen molar-refractivity contribution in [3.05, 3.63) is 59.2 Å². The molecule has 174 valence electrons. The lowest BCUT2D eigenvalue weighted by Crippen LogP contribution is -2.44. The molecule has 0 spiro atoms. The summed E-state index contributed by atoms with van der Waals surface area (Å²) < 4.78 is 0. The van der Waals surface area contributed by atoms with E-state index < -0.39 is 12.1 Å². The first kappa shape index (κ1) is 24.1. The van der Waals surface area contributed by atoms with Gasteiger partial charge in [-0.1, -0.05) is 75.8 Å². The molecule has 1 heterocycles. The summed E-state index contributed by atoms with van der Waals surface area (Å²) in [4.78, 5) is 28.7. The van der Waals surface area contributed by atoms with Gasteiger partial charge in [-0.2, -0.15) is 0 Å². The lowest BCUT2D eigenvalue weighted by Gasteiger charge is -2.30. The molecule has 3 amide bonds. The molecule has 0 saturated carbocycles. The summed E-state index contributed by atoms with van der Waals surface area (Å²) in [6.45, 7) is 9.64. The summed E-state index contributed by atoms with van der Waals surface area (Å²) in [5, 5.41) is 2.62. The van der Waals surface area contributed by atoms with Gasteiger partial charge >= 0.3 is 6.03 Å². The molecule has 6 nitrogen and oxygen atoms in total. The maximum atomic E-state index is 13.4. The Kier molecular flexibility index (Phi) is 7.44. The van der Waals surface area contributed by atoms with Crippen LogP contribution < -0.4 is 11.1 Å². The van der Waals surface area contributed by atoms with Crippen molar-refractivity contribution < 1.29 is 9.59 Å². The van der Waals surface area contributed by atoms with E-state index in [1.54, 1.807) is 0 Å². The van der Waals surface area contributed by atoms with E-state index in [9.17, 15) is 9.59 Å². The highest BCUT2D eigenvalue weighted by Gasteiger charge is 2.44. The molecule has 1 fully saturated rings. The van der Waals surface area contributed by atoms with Gasteiger partial charge in [0, 0.05) is 13.1 Å². The van der Waals surface area contributed by atoms with Gasteiger partial charge in [0.15, 0.2) is 0 Å². The molecule has 3 N–H and O–H groups in total. The maximum absolute atomic E-state index is 13.4. The van der Waals surface area contributed by atoms with Crippen molar-refractivity contribution in [2.24, 2.45) is 11.7 Å². The minimum atomic E-state index is -0.610. The van der Waals surface area contributed by atoms with Crippen molar-refractivity contribution in [2.45, 2.75) is 64.6 Å². The van der Waals surface area contributed by atoms with Crippen LogP contribution in [-0.4, -0.2) is 47.9 Å². The zero-order valence-electron chi connectivity index (χ0n) is 20.1. The second-order valence-electron chi connectivity index (χ2n) is 9.98. The highest BCUT2D eigenvalue weighted by molar-refractivity contribution is 5.85. The van der Waals surface area contributed by atoms with Gasteiger partial charge in [0.1, 0.15) is 12.2 Å². The normalized spacial score (nSPS) is 24.0. The fraction of sp³-hybridized carbons (Fsp3) is 0.538. The molecule has 0 aromatic heterocycles. The summed E-state index contributed by atoms with van der Waals surface area (Å²) >= 11 is 0. The number of rotatable bonds is 7. The standard InChI is InChI=1S/C26H38N4O2/c1-6-18-7-9-19(10-8-18)15-16-30-23(20-11-13-21(14-12-20)26(2,3)4)29(5)22(24(30)31)17-28-25(27)32/h7-9,11-14,19,22-23H,6,10,15-17H2,1-5H3,(H3,27,28,32)/t19?,22-,23+/m0/s1. The first-order valence-corrected chi connectivity index (χ1v) is 11.6. The van der Waals surface area contributed by atoms with Crippen molar-refractivity contribution in [3.63, 3.8) is 0 Å². The monoisotopic (exact) mass is 438 g/mol. The number of allylic oxidation sites excluding steroid dienone is 4. The molecule has 1 unspecified atom stereocenters. The van der Waals surface area contributed by atoms with E-state index in [-0.39, 0.29) is 24.0 Å². The second kappa shape index (κ2) is 9.90. The Balaban J connectivity index is 1.80. The van der Waals surface area contributed by atoms with Crippen molar-refractivity contribution in [3.8, 4) is 0 Å². The Morgan fingerprint density at radius 1 is 1.22 bits per heavy atom. The summed E-state index contributed by atoms with van der Waals surface area (Å²) in [5.74, 6) is 0.478. The average molecular weight is 439 g/mol. The van der Waals surface area contributed by atoms with E-state index in [4.69, 9.17) is 5.73 Å². The summed E-state index contributed by atoms with van der Waals surface area (Å²) in [5.41, 5.74) is 9.07. The van der Waals surface area contributed by atoms with Gasteiger partial charge in [-0.3, -0.25) is 9.69 Å². The summed E-state index contributed by atoms with van der Waals surface area (Å²) in [6.07, 6.45) is 9.64. The number of amides is 3. The Hall–Kier alpha value is -2.60. The van der Waals surface area contributed by atoms with Gasteiger partial charge in [-0.15, -0.1) is 0 Å². The second-order valence-corrected chi connectivity index (χ2v) is 9.98. The van der Waals surface area contributed by atoms with Crippen LogP contribution >= 0.6 is 0 Å². The molecular weight excluding hydrogens is 400 g/mol. The van der Waals surface area contributed by atoms with E-state index in [0.29, 0.717) is 12.5 Å². The van der Waals surface area contributed by atoms with Crippen LogP contribution in [0, 0.1) is 5.92 Å². The molecule has 3 rings (SSSR count). The first-order valence-electron chi connectivity index (χ1n) is 11.6. The SMILES string of the molecule is CCC1=CCC(CCN2C(=O)[C@H](CNC(N)=O)N(C)[C@H]2c2ccc(C(C)(C)C)cc2)C=C1. The van der Waals surface area contributed by atoms with Gasteiger partial charge in [0.25, 0.3) is 0 Å². The molecule has 1 aromatic carbocycles.